The number of benzene rings is 1. The van der Waals surface area contributed by atoms with Crippen LogP contribution >= 0.6 is 11.6 Å². The van der Waals surface area contributed by atoms with Crippen LogP contribution in [0, 0.1) is 10.1 Å². The van der Waals surface area contributed by atoms with E-state index in [0.29, 0.717) is 11.6 Å². The van der Waals surface area contributed by atoms with Crippen molar-refractivity contribution in [2.24, 2.45) is 0 Å². The molecule has 2 aromatic rings. The van der Waals surface area contributed by atoms with E-state index in [4.69, 9.17) is 11.6 Å². The highest BCUT2D eigenvalue weighted by atomic mass is 35.5. The Balaban J connectivity index is 1.76. The van der Waals surface area contributed by atoms with Crippen molar-refractivity contribution in [3.05, 3.63) is 51.3 Å². The number of halogens is 1. The van der Waals surface area contributed by atoms with E-state index in [-0.39, 0.29) is 23.4 Å². The molecule has 3 rings (SSSR count). The van der Waals surface area contributed by atoms with E-state index in [1.807, 2.05) is 12.1 Å². The molecule has 0 spiro atoms. The van der Waals surface area contributed by atoms with Gasteiger partial charge in [0, 0.05) is 17.6 Å². The van der Waals surface area contributed by atoms with Crippen molar-refractivity contribution in [2.75, 3.05) is 10.6 Å². The molecule has 0 saturated heterocycles. The molecule has 7 nitrogen and oxygen atoms in total. The van der Waals surface area contributed by atoms with E-state index in [0.717, 1.165) is 31.2 Å². The molecule has 1 aliphatic rings. The second-order valence-corrected chi connectivity index (χ2v) is 6.93. The monoisotopic (exact) mass is 375 g/mol. The molecular weight excluding hydrogens is 354 g/mol. The van der Waals surface area contributed by atoms with Crippen LogP contribution in [0.4, 0.5) is 17.3 Å². The number of nitrogens with one attached hydrogen (secondary N) is 2. The number of hydrogen-bond donors (Lipinski definition) is 2. The number of anilines is 2. The van der Waals surface area contributed by atoms with Gasteiger partial charge in [0.25, 0.3) is 0 Å². The summed E-state index contributed by atoms with van der Waals surface area (Å²) in [5.41, 5.74) is 0.853. The van der Waals surface area contributed by atoms with Gasteiger partial charge in [-0.3, -0.25) is 10.1 Å². The van der Waals surface area contributed by atoms with Gasteiger partial charge in [-0.15, -0.1) is 0 Å². The quantitative estimate of drug-likeness (QED) is 0.428. The van der Waals surface area contributed by atoms with Gasteiger partial charge in [-0.1, -0.05) is 49.4 Å². The molecular formula is C18H22ClN5O2. The maximum atomic E-state index is 11.6. The molecule has 0 amide bonds. The first-order chi connectivity index (χ1) is 12.6. The van der Waals surface area contributed by atoms with Crippen LogP contribution in [0.25, 0.3) is 0 Å². The summed E-state index contributed by atoms with van der Waals surface area (Å²) in [6, 6.07) is 7.52. The van der Waals surface area contributed by atoms with Crippen LogP contribution in [0.2, 0.25) is 5.02 Å². The Bertz CT molecular complexity index is 746. The van der Waals surface area contributed by atoms with Crippen molar-refractivity contribution in [3.63, 3.8) is 0 Å². The second-order valence-electron chi connectivity index (χ2n) is 6.49. The summed E-state index contributed by atoms with van der Waals surface area (Å²) in [4.78, 5) is 19.4. The molecule has 8 heteroatoms. The molecule has 0 aliphatic heterocycles. The third-order valence-corrected chi connectivity index (χ3v) is 4.83. The van der Waals surface area contributed by atoms with E-state index in [1.165, 1.54) is 19.2 Å². The predicted molar refractivity (Wildman–Crippen MR) is 103 cm³/mol. The van der Waals surface area contributed by atoms with Crippen molar-refractivity contribution < 1.29 is 4.92 Å². The molecule has 0 atom stereocenters. The van der Waals surface area contributed by atoms with Crippen molar-refractivity contribution in [2.45, 2.75) is 51.1 Å². The molecule has 2 N–H and O–H groups in total. The van der Waals surface area contributed by atoms with E-state index in [9.17, 15) is 10.1 Å². The molecule has 0 bridgehead atoms. The summed E-state index contributed by atoms with van der Waals surface area (Å²) < 4.78 is 0. The molecule has 138 valence electrons. The van der Waals surface area contributed by atoms with Gasteiger partial charge in [-0.2, -0.15) is 0 Å². The molecule has 0 unspecified atom stereocenters. The summed E-state index contributed by atoms with van der Waals surface area (Å²) in [7, 11) is 0. The minimum absolute atomic E-state index is 0.106. The lowest BCUT2D eigenvalue weighted by Crippen LogP contribution is -2.20. The SMILES string of the molecule is O=[N+]([O-])c1c(NCc2ccc(Cl)cc2)ncnc1NC1CCCCCC1. The number of nitro groups is 1. The fourth-order valence-electron chi connectivity index (χ4n) is 3.19. The summed E-state index contributed by atoms with van der Waals surface area (Å²) in [5, 5.41) is 18.6. The molecule has 0 radical (unpaired) electrons. The van der Waals surface area contributed by atoms with E-state index in [2.05, 4.69) is 20.6 Å². The van der Waals surface area contributed by atoms with Gasteiger partial charge in [0.05, 0.1) is 4.92 Å². The zero-order valence-electron chi connectivity index (χ0n) is 14.4. The number of rotatable bonds is 6. The van der Waals surface area contributed by atoms with Crippen molar-refractivity contribution in [1.82, 2.24) is 9.97 Å². The molecule has 26 heavy (non-hydrogen) atoms. The molecule has 1 aliphatic carbocycles. The van der Waals surface area contributed by atoms with Crippen LogP contribution < -0.4 is 10.6 Å². The Labute approximate surface area is 157 Å². The Morgan fingerprint density at radius 2 is 1.73 bits per heavy atom. The zero-order valence-corrected chi connectivity index (χ0v) is 15.2. The average molecular weight is 376 g/mol. The molecule has 1 fully saturated rings. The lowest BCUT2D eigenvalue weighted by atomic mass is 10.1. The van der Waals surface area contributed by atoms with Gasteiger partial charge in [-0.25, -0.2) is 9.97 Å². The highest BCUT2D eigenvalue weighted by molar-refractivity contribution is 6.30. The van der Waals surface area contributed by atoms with Gasteiger partial charge in [0.2, 0.25) is 11.6 Å². The maximum Gasteiger partial charge on any atom is 0.353 e. The first-order valence-corrected chi connectivity index (χ1v) is 9.25. The topological polar surface area (TPSA) is 93.0 Å². The van der Waals surface area contributed by atoms with Crippen LogP contribution in [0.15, 0.2) is 30.6 Å². The molecule has 1 saturated carbocycles. The van der Waals surface area contributed by atoms with Crippen LogP contribution in [-0.4, -0.2) is 20.9 Å². The highest BCUT2D eigenvalue weighted by Gasteiger charge is 2.25. The maximum absolute atomic E-state index is 11.6. The molecule has 1 heterocycles. The van der Waals surface area contributed by atoms with Gasteiger partial charge < -0.3 is 10.6 Å². The largest absolute Gasteiger partial charge is 0.361 e. The van der Waals surface area contributed by atoms with Crippen LogP contribution in [0.3, 0.4) is 0 Å². The standard InChI is InChI=1S/C18H22ClN5O2/c19-14-9-7-13(8-10-14)11-20-17-16(24(25)26)18(22-12-21-17)23-15-5-3-1-2-4-6-15/h7-10,12,15H,1-6,11H2,(H2,20,21,22,23). The minimum Gasteiger partial charge on any atom is -0.361 e. The first-order valence-electron chi connectivity index (χ1n) is 8.87. The van der Waals surface area contributed by atoms with Gasteiger partial charge in [0.1, 0.15) is 6.33 Å². The Morgan fingerprint density at radius 3 is 2.38 bits per heavy atom. The van der Waals surface area contributed by atoms with Crippen molar-refractivity contribution in [1.29, 1.82) is 0 Å². The zero-order chi connectivity index (χ0) is 18.4. The normalized spacial score (nSPS) is 15.3. The minimum atomic E-state index is -0.427. The van der Waals surface area contributed by atoms with Crippen LogP contribution in [0.5, 0.6) is 0 Å². The van der Waals surface area contributed by atoms with E-state index in [1.54, 1.807) is 12.1 Å². The lowest BCUT2D eigenvalue weighted by molar-refractivity contribution is -0.383. The Kier molecular flexibility index (Phi) is 6.22. The lowest BCUT2D eigenvalue weighted by Gasteiger charge is -2.17. The molecule has 1 aromatic heterocycles. The number of hydrogen-bond acceptors (Lipinski definition) is 6. The summed E-state index contributed by atoms with van der Waals surface area (Å²) in [6.07, 6.45) is 8.09. The van der Waals surface area contributed by atoms with E-state index >= 15 is 0 Å². The third-order valence-electron chi connectivity index (χ3n) is 4.57. The Hall–Kier alpha value is -2.41. The van der Waals surface area contributed by atoms with Crippen LogP contribution in [-0.2, 0) is 6.54 Å². The highest BCUT2D eigenvalue weighted by Crippen LogP contribution is 2.31. The van der Waals surface area contributed by atoms with Gasteiger partial charge in [0.15, 0.2) is 0 Å². The fraction of sp³-hybridized carbons (Fsp3) is 0.444. The average Bonchev–Trinajstić information content (AvgIpc) is 2.90. The van der Waals surface area contributed by atoms with Crippen molar-refractivity contribution >= 4 is 28.9 Å². The third kappa shape index (κ3) is 4.82. The molecule has 1 aromatic carbocycles. The first kappa shape index (κ1) is 18.4. The van der Waals surface area contributed by atoms with Crippen LogP contribution in [0.1, 0.15) is 44.1 Å². The second kappa shape index (κ2) is 8.80. The van der Waals surface area contributed by atoms with Gasteiger partial charge in [-0.05, 0) is 30.5 Å². The van der Waals surface area contributed by atoms with Gasteiger partial charge >= 0.3 is 5.69 Å². The summed E-state index contributed by atoms with van der Waals surface area (Å²) >= 11 is 5.88. The smallest absolute Gasteiger partial charge is 0.353 e. The summed E-state index contributed by atoms with van der Waals surface area (Å²) in [5.74, 6) is 0.506. The predicted octanol–water partition coefficient (Wildman–Crippen LogP) is 4.79. The van der Waals surface area contributed by atoms with Crippen molar-refractivity contribution in [3.8, 4) is 0 Å². The van der Waals surface area contributed by atoms with E-state index < -0.39 is 4.92 Å². The summed E-state index contributed by atoms with van der Waals surface area (Å²) in [6.45, 7) is 0.415. The fourth-order valence-corrected chi connectivity index (χ4v) is 3.32. The number of aromatic nitrogens is 2. The Morgan fingerprint density at radius 1 is 1.08 bits per heavy atom. The number of nitrogens with zero attached hydrogens (tertiary/aromatic N) is 3.